The van der Waals surface area contributed by atoms with Crippen molar-refractivity contribution in [1.29, 1.82) is 0 Å². The molecule has 36 heavy (non-hydrogen) atoms. The maximum Gasteiger partial charge on any atom is 0.417 e. The largest absolute Gasteiger partial charge is 0.481 e. The number of nitrogens with one attached hydrogen (secondary N) is 1. The lowest BCUT2D eigenvalue weighted by Crippen LogP contribution is -2.14. The van der Waals surface area contributed by atoms with Crippen molar-refractivity contribution < 1.29 is 23.1 Å². The normalized spacial score (nSPS) is 12.1. The molecule has 198 valence electrons. The van der Waals surface area contributed by atoms with Gasteiger partial charge in [-0.3, -0.25) is 9.59 Å². The fraction of sp³-hybridized carbons (Fsp3) is 0.556. The summed E-state index contributed by atoms with van der Waals surface area (Å²) in [5, 5.41) is 9.29. The second-order valence-electron chi connectivity index (χ2n) is 9.24. The molecule has 0 spiro atoms. The molecule has 0 bridgehead atoms. The minimum absolute atomic E-state index is 0.0756. The number of halogens is 3. The third kappa shape index (κ3) is 6.87. The number of unbranched alkanes of at least 4 members (excludes halogenated alkanes) is 6. The van der Waals surface area contributed by atoms with Gasteiger partial charge in [0.25, 0.3) is 0 Å². The number of carboxylic acids is 1. The zero-order valence-electron chi connectivity index (χ0n) is 21.0. The van der Waals surface area contributed by atoms with Gasteiger partial charge in [0.1, 0.15) is 0 Å². The van der Waals surface area contributed by atoms with Gasteiger partial charge in [-0.05, 0) is 49.6 Å². The van der Waals surface area contributed by atoms with Gasteiger partial charge in [-0.25, -0.2) is 0 Å². The Morgan fingerprint density at radius 2 is 1.69 bits per heavy atom. The average molecular weight is 525 g/mol. The highest BCUT2D eigenvalue weighted by Crippen LogP contribution is 2.39. The summed E-state index contributed by atoms with van der Waals surface area (Å²) >= 11 is 1.70. The fourth-order valence-electron chi connectivity index (χ4n) is 5.00. The topological polar surface area (TPSA) is 75.1 Å². The number of benzene rings is 1. The number of hydrogen-bond acceptors (Lipinski definition) is 3. The van der Waals surface area contributed by atoms with Gasteiger partial charge in [0.2, 0.25) is 5.56 Å². The van der Waals surface area contributed by atoms with Crippen LogP contribution >= 0.6 is 11.8 Å². The molecule has 0 radical (unpaired) electrons. The van der Waals surface area contributed by atoms with E-state index in [2.05, 4.69) is 9.55 Å². The number of carbonyl (C=O) groups is 1. The monoisotopic (exact) mass is 524 g/mol. The van der Waals surface area contributed by atoms with E-state index in [1.807, 2.05) is 19.9 Å². The Morgan fingerprint density at radius 3 is 2.33 bits per heavy atom. The number of aromatic amines is 1. The Labute approximate surface area is 213 Å². The maximum absolute atomic E-state index is 13.8. The number of aryl methyl sites for hydroxylation is 2. The van der Waals surface area contributed by atoms with Crippen LogP contribution in [0.15, 0.2) is 23.0 Å². The molecule has 0 amide bonds. The van der Waals surface area contributed by atoms with Crippen LogP contribution in [0.5, 0.6) is 0 Å². The summed E-state index contributed by atoms with van der Waals surface area (Å²) < 4.78 is 43.7. The number of thioether (sulfide) groups is 1. The minimum atomic E-state index is -4.61. The molecule has 2 heterocycles. The molecule has 2 N–H and O–H groups in total. The highest BCUT2D eigenvalue weighted by Gasteiger charge is 2.34. The van der Waals surface area contributed by atoms with E-state index < -0.39 is 23.3 Å². The molecule has 0 unspecified atom stereocenters. The van der Waals surface area contributed by atoms with Crippen LogP contribution in [-0.2, 0) is 23.9 Å². The number of pyridine rings is 1. The first-order valence-corrected chi connectivity index (χ1v) is 13.8. The zero-order valence-corrected chi connectivity index (χ0v) is 21.8. The fourth-order valence-corrected chi connectivity index (χ4v) is 5.93. The smallest absolute Gasteiger partial charge is 0.417 e. The van der Waals surface area contributed by atoms with E-state index in [1.54, 1.807) is 17.8 Å². The van der Waals surface area contributed by atoms with Crippen LogP contribution in [0, 0.1) is 6.92 Å². The van der Waals surface area contributed by atoms with Crippen molar-refractivity contribution >= 4 is 39.5 Å². The van der Waals surface area contributed by atoms with Crippen LogP contribution in [0.2, 0.25) is 0 Å². The number of rotatable bonds is 14. The number of alkyl halides is 3. The van der Waals surface area contributed by atoms with Crippen LogP contribution in [0.25, 0.3) is 21.8 Å². The SMILES string of the molecule is CCc1c(C)c2c3c(C(F)(F)F)cc(=O)[nH]c3ccc2n1CCCCCCCCCSCCC(=O)O. The third-order valence-corrected chi connectivity index (χ3v) is 7.75. The molecule has 9 heteroatoms. The average Bonchev–Trinajstić information content (AvgIpc) is 3.09. The van der Waals surface area contributed by atoms with Crippen LogP contribution in [0.3, 0.4) is 0 Å². The minimum Gasteiger partial charge on any atom is -0.481 e. The number of carboxylic acid groups (broad SMARTS) is 1. The number of nitrogens with zero attached hydrogens (tertiary/aromatic N) is 1. The zero-order chi connectivity index (χ0) is 26.3. The van der Waals surface area contributed by atoms with Gasteiger partial charge in [0.05, 0.1) is 12.0 Å². The lowest BCUT2D eigenvalue weighted by Gasteiger charge is -2.12. The molecule has 0 aliphatic heterocycles. The quantitative estimate of drug-likeness (QED) is 0.217. The van der Waals surface area contributed by atoms with Gasteiger partial charge in [-0.1, -0.05) is 39.0 Å². The van der Waals surface area contributed by atoms with Gasteiger partial charge >= 0.3 is 12.1 Å². The summed E-state index contributed by atoms with van der Waals surface area (Å²) in [6, 6.07) is 4.08. The maximum atomic E-state index is 13.8. The molecule has 0 saturated carbocycles. The van der Waals surface area contributed by atoms with Crippen LogP contribution in [0.1, 0.15) is 75.1 Å². The van der Waals surface area contributed by atoms with Crippen LogP contribution in [-0.4, -0.2) is 32.1 Å². The molecular weight excluding hydrogens is 489 g/mol. The Bertz CT molecular complexity index is 1250. The van der Waals surface area contributed by atoms with Crippen LogP contribution < -0.4 is 5.56 Å². The molecule has 3 aromatic rings. The first kappa shape index (κ1) is 28.2. The molecule has 3 rings (SSSR count). The van der Waals surface area contributed by atoms with Gasteiger partial charge in [0, 0.05) is 45.9 Å². The molecule has 0 saturated heterocycles. The Balaban J connectivity index is 1.62. The van der Waals surface area contributed by atoms with E-state index in [-0.39, 0.29) is 17.3 Å². The number of aromatic nitrogens is 2. The molecule has 0 aliphatic rings. The highest BCUT2D eigenvalue weighted by atomic mass is 32.2. The lowest BCUT2D eigenvalue weighted by molar-refractivity contribution is -0.137. The number of hydrogen-bond donors (Lipinski definition) is 2. The summed E-state index contributed by atoms with van der Waals surface area (Å²) in [6.07, 6.45) is 4.04. The van der Waals surface area contributed by atoms with E-state index in [0.29, 0.717) is 17.2 Å². The van der Waals surface area contributed by atoms with Crippen molar-refractivity contribution in [2.75, 3.05) is 11.5 Å². The molecule has 5 nitrogen and oxygen atoms in total. The molecule has 0 atom stereocenters. The summed E-state index contributed by atoms with van der Waals surface area (Å²) in [7, 11) is 0. The van der Waals surface area contributed by atoms with Crippen molar-refractivity contribution in [3.05, 3.63) is 45.4 Å². The van der Waals surface area contributed by atoms with Crippen molar-refractivity contribution in [1.82, 2.24) is 9.55 Å². The van der Waals surface area contributed by atoms with Gasteiger partial charge < -0.3 is 14.7 Å². The predicted octanol–water partition coefficient (Wildman–Crippen LogP) is 7.31. The molecule has 0 fully saturated rings. The Morgan fingerprint density at radius 1 is 1.03 bits per heavy atom. The summed E-state index contributed by atoms with van der Waals surface area (Å²) in [5.41, 5.74) is 1.25. The van der Waals surface area contributed by atoms with E-state index in [0.717, 1.165) is 80.4 Å². The van der Waals surface area contributed by atoms with Crippen LogP contribution in [0.4, 0.5) is 13.2 Å². The van der Waals surface area contributed by atoms with Crippen molar-refractivity contribution in [3.8, 4) is 0 Å². The first-order chi connectivity index (χ1) is 17.1. The lowest BCUT2D eigenvalue weighted by atomic mass is 10.0. The summed E-state index contributed by atoms with van der Waals surface area (Å²) in [5.74, 6) is 0.937. The Hall–Kier alpha value is -2.42. The molecular formula is C27H35F3N2O3S. The molecule has 1 aromatic carbocycles. The predicted molar refractivity (Wildman–Crippen MR) is 141 cm³/mol. The van der Waals surface area contributed by atoms with E-state index in [4.69, 9.17) is 5.11 Å². The van der Waals surface area contributed by atoms with E-state index in [9.17, 15) is 22.8 Å². The summed E-state index contributed by atoms with van der Waals surface area (Å²) in [6.45, 7) is 4.65. The number of aliphatic carboxylic acids is 1. The molecule has 2 aromatic heterocycles. The van der Waals surface area contributed by atoms with Crippen molar-refractivity contribution in [2.24, 2.45) is 0 Å². The highest BCUT2D eigenvalue weighted by molar-refractivity contribution is 7.99. The number of H-pyrrole nitrogens is 1. The number of fused-ring (bicyclic) bond motifs is 3. The van der Waals surface area contributed by atoms with Crippen molar-refractivity contribution in [2.45, 2.75) is 84.4 Å². The second-order valence-corrected chi connectivity index (χ2v) is 10.5. The van der Waals surface area contributed by atoms with E-state index in [1.165, 1.54) is 0 Å². The standard InChI is InChI=1S/C27H35F3N2O3S/c1-3-21-18(2)25-22(12-11-20-26(25)19(27(28,29)30)17-23(33)31-20)32(21)14-9-7-5-4-6-8-10-15-36-16-13-24(34)35/h11-12,17H,3-10,13-16H2,1-2H3,(H,31,33)(H,34,35). The second kappa shape index (κ2) is 12.7. The molecule has 0 aliphatic carbocycles. The Kier molecular flexibility index (Phi) is 9.93. The van der Waals surface area contributed by atoms with E-state index >= 15 is 0 Å². The summed E-state index contributed by atoms with van der Waals surface area (Å²) in [4.78, 5) is 24.9. The van der Waals surface area contributed by atoms with Gasteiger partial charge in [-0.15, -0.1) is 0 Å². The third-order valence-electron chi connectivity index (χ3n) is 6.68. The van der Waals surface area contributed by atoms with Gasteiger partial charge in [-0.2, -0.15) is 24.9 Å². The van der Waals surface area contributed by atoms with Gasteiger partial charge in [0.15, 0.2) is 0 Å². The first-order valence-electron chi connectivity index (χ1n) is 12.7. The van der Waals surface area contributed by atoms with Crippen molar-refractivity contribution in [3.63, 3.8) is 0 Å².